The first-order chi connectivity index (χ1) is 16.9. The highest BCUT2D eigenvalue weighted by molar-refractivity contribution is 5.81. The number of anilines is 1. The van der Waals surface area contributed by atoms with E-state index in [1.807, 2.05) is 25.5 Å². The van der Waals surface area contributed by atoms with E-state index >= 15 is 0 Å². The summed E-state index contributed by atoms with van der Waals surface area (Å²) < 4.78 is 1.78. The number of carbonyl (C=O) groups is 1. The van der Waals surface area contributed by atoms with E-state index < -0.39 is 0 Å². The van der Waals surface area contributed by atoms with E-state index in [0.717, 1.165) is 42.9 Å². The van der Waals surface area contributed by atoms with Gasteiger partial charge in [-0.15, -0.1) is 0 Å². The first-order valence-corrected chi connectivity index (χ1v) is 12.5. The standard InChI is InChI=1S/C27H35N7O/c1-18-6-5-7-20(12-18)24-16-32(3)10-9-23(24)26(35)34-17-25-21(13-19(34)2)14-28-27(30-25)29-15-22-8-11-33(4)31-22/h5-8,11-12,14,19,23-24H,9-10,13,15-17H2,1-4H3,(H,28,29,30)/t19-,23-,24+/m1/s1. The fourth-order valence-corrected chi connectivity index (χ4v) is 5.46. The van der Waals surface area contributed by atoms with Crippen molar-refractivity contribution < 1.29 is 4.79 Å². The second-order valence-electron chi connectivity index (χ2n) is 10.2. The predicted octanol–water partition coefficient (Wildman–Crippen LogP) is 3.14. The van der Waals surface area contributed by atoms with Gasteiger partial charge in [0, 0.05) is 43.9 Å². The molecule has 2 aliphatic rings. The molecule has 0 spiro atoms. The molecular formula is C27H35N7O. The number of nitrogens with one attached hydrogen (secondary N) is 1. The molecule has 0 bridgehead atoms. The van der Waals surface area contributed by atoms with Gasteiger partial charge in [-0.25, -0.2) is 9.97 Å². The van der Waals surface area contributed by atoms with E-state index in [9.17, 15) is 4.79 Å². The van der Waals surface area contributed by atoms with Crippen molar-refractivity contribution >= 4 is 11.9 Å². The second-order valence-corrected chi connectivity index (χ2v) is 10.2. The zero-order chi connectivity index (χ0) is 24.5. The molecule has 8 nitrogen and oxygen atoms in total. The van der Waals surface area contributed by atoms with Gasteiger partial charge in [-0.05, 0) is 57.5 Å². The summed E-state index contributed by atoms with van der Waals surface area (Å²) in [5.41, 5.74) is 5.51. The third-order valence-electron chi connectivity index (χ3n) is 7.40. The van der Waals surface area contributed by atoms with E-state index in [-0.39, 0.29) is 23.8 Å². The molecule has 1 amide bonds. The van der Waals surface area contributed by atoms with Gasteiger partial charge in [0.1, 0.15) is 0 Å². The lowest BCUT2D eigenvalue weighted by atomic mass is 9.79. The molecule has 0 saturated carbocycles. The maximum atomic E-state index is 14.0. The summed E-state index contributed by atoms with van der Waals surface area (Å²) >= 11 is 0. The van der Waals surface area contributed by atoms with Crippen molar-refractivity contribution in [3.05, 3.63) is 70.8 Å². The van der Waals surface area contributed by atoms with Gasteiger partial charge in [-0.1, -0.05) is 29.8 Å². The number of aromatic nitrogens is 4. The van der Waals surface area contributed by atoms with Crippen LogP contribution in [0.3, 0.4) is 0 Å². The number of aryl methyl sites for hydroxylation is 2. The van der Waals surface area contributed by atoms with Gasteiger partial charge < -0.3 is 15.1 Å². The van der Waals surface area contributed by atoms with Crippen LogP contribution in [0.25, 0.3) is 0 Å². The molecule has 3 aromatic rings. The lowest BCUT2D eigenvalue weighted by molar-refractivity contribution is -0.141. The Morgan fingerprint density at radius 1 is 1.23 bits per heavy atom. The Hall–Kier alpha value is -3.26. The van der Waals surface area contributed by atoms with Crippen molar-refractivity contribution in [1.82, 2.24) is 29.5 Å². The quantitative estimate of drug-likeness (QED) is 0.613. The Bertz CT molecular complexity index is 1210. The molecule has 0 aliphatic carbocycles. The molecule has 4 heterocycles. The molecule has 8 heteroatoms. The number of fused-ring (bicyclic) bond motifs is 1. The Labute approximate surface area is 207 Å². The van der Waals surface area contributed by atoms with E-state index in [0.29, 0.717) is 19.0 Å². The number of hydrogen-bond acceptors (Lipinski definition) is 6. The fourth-order valence-electron chi connectivity index (χ4n) is 5.46. The van der Waals surface area contributed by atoms with E-state index in [2.05, 4.69) is 70.4 Å². The van der Waals surface area contributed by atoms with Crippen LogP contribution < -0.4 is 5.32 Å². The molecule has 1 N–H and O–H groups in total. The third kappa shape index (κ3) is 5.07. The summed E-state index contributed by atoms with van der Waals surface area (Å²) in [5.74, 6) is 1.02. The highest BCUT2D eigenvalue weighted by Crippen LogP contribution is 2.35. The van der Waals surface area contributed by atoms with Crippen LogP contribution in [0.5, 0.6) is 0 Å². The minimum atomic E-state index is -0.0133. The van der Waals surface area contributed by atoms with Crippen LogP contribution in [0.15, 0.2) is 42.7 Å². The van der Waals surface area contributed by atoms with Crippen LogP contribution in [0, 0.1) is 12.8 Å². The Morgan fingerprint density at radius 3 is 2.86 bits per heavy atom. The van der Waals surface area contributed by atoms with Crippen molar-refractivity contribution in [2.75, 3.05) is 25.5 Å². The second kappa shape index (κ2) is 9.77. The van der Waals surface area contributed by atoms with Crippen LogP contribution in [-0.2, 0) is 31.4 Å². The molecule has 1 fully saturated rings. The summed E-state index contributed by atoms with van der Waals surface area (Å²) in [5, 5.41) is 7.67. The van der Waals surface area contributed by atoms with Crippen molar-refractivity contribution in [2.45, 2.75) is 51.7 Å². The van der Waals surface area contributed by atoms with Gasteiger partial charge in [0.25, 0.3) is 0 Å². The molecular weight excluding hydrogens is 438 g/mol. The van der Waals surface area contributed by atoms with Gasteiger partial charge in [-0.3, -0.25) is 9.48 Å². The van der Waals surface area contributed by atoms with Crippen LogP contribution in [0.4, 0.5) is 5.95 Å². The summed E-state index contributed by atoms with van der Waals surface area (Å²) in [4.78, 5) is 27.7. The number of likely N-dealkylation sites (N-methyl/N-ethyl adjacent to an activating group) is 1. The average molecular weight is 474 g/mol. The minimum absolute atomic E-state index is 0.0133. The number of amides is 1. The summed E-state index contributed by atoms with van der Waals surface area (Å²) in [6.45, 7) is 7.21. The number of piperidine rings is 1. The van der Waals surface area contributed by atoms with E-state index in [1.165, 1.54) is 11.1 Å². The molecule has 3 atom stereocenters. The lowest BCUT2D eigenvalue weighted by Crippen LogP contribution is -2.50. The highest BCUT2D eigenvalue weighted by Gasteiger charge is 2.39. The Balaban J connectivity index is 1.34. The number of likely N-dealkylation sites (tertiary alicyclic amines) is 1. The Kier molecular flexibility index (Phi) is 6.56. The van der Waals surface area contributed by atoms with Crippen LogP contribution in [-0.4, -0.2) is 61.6 Å². The molecule has 184 valence electrons. The number of benzene rings is 1. The van der Waals surface area contributed by atoms with Crippen molar-refractivity contribution in [3.8, 4) is 0 Å². The van der Waals surface area contributed by atoms with Gasteiger partial charge in [0.2, 0.25) is 11.9 Å². The largest absolute Gasteiger partial charge is 0.348 e. The summed E-state index contributed by atoms with van der Waals surface area (Å²) in [6, 6.07) is 10.8. The van der Waals surface area contributed by atoms with Crippen LogP contribution >= 0.6 is 0 Å². The van der Waals surface area contributed by atoms with E-state index in [4.69, 9.17) is 4.98 Å². The zero-order valence-corrected chi connectivity index (χ0v) is 21.1. The SMILES string of the molecule is Cc1cccc([C@@H]2CN(C)CC[C@H]2C(=O)N2Cc3nc(NCc4ccn(C)n4)ncc3C[C@H]2C)c1. The van der Waals surface area contributed by atoms with Crippen molar-refractivity contribution in [3.63, 3.8) is 0 Å². The molecule has 2 aliphatic heterocycles. The maximum Gasteiger partial charge on any atom is 0.227 e. The molecule has 5 rings (SSSR count). The number of rotatable bonds is 5. The van der Waals surface area contributed by atoms with Crippen molar-refractivity contribution in [2.24, 2.45) is 13.0 Å². The lowest BCUT2D eigenvalue weighted by Gasteiger charge is -2.42. The van der Waals surface area contributed by atoms with E-state index in [1.54, 1.807) is 4.68 Å². The minimum Gasteiger partial charge on any atom is -0.348 e. The predicted molar refractivity (Wildman–Crippen MR) is 136 cm³/mol. The van der Waals surface area contributed by atoms with Crippen LogP contribution in [0.1, 0.15) is 47.3 Å². The Morgan fingerprint density at radius 2 is 2.09 bits per heavy atom. The van der Waals surface area contributed by atoms with Gasteiger partial charge >= 0.3 is 0 Å². The average Bonchev–Trinajstić information content (AvgIpc) is 3.27. The zero-order valence-electron chi connectivity index (χ0n) is 21.1. The van der Waals surface area contributed by atoms with Gasteiger partial charge in [0.05, 0.1) is 24.5 Å². The highest BCUT2D eigenvalue weighted by atomic mass is 16.2. The van der Waals surface area contributed by atoms with Gasteiger partial charge in [-0.2, -0.15) is 5.10 Å². The maximum absolute atomic E-state index is 14.0. The first kappa shape index (κ1) is 23.5. The van der Waals surface area contributed by atoms with Crippen LogP contribution in [0.2, 0.25) is 0 Å². The smallest absolute Gasteiger partial charge is 0.227 e. The fraction of sp³-hybridized carbons (Fsp3) is 0.481. The first-order valence-electron chi connectivity index (χ1n) is 12.5. The molecule has 0 unspecified atom stereocenters. The number of carbonyl (C=O) groups excluding carboxylic acids is 1. The molecule has 2 aromatic heterocycles. The summed E-state index contributed by atoms with van der Waals surface area (Å²) in [7, 11) is 4.05. The van der Waals surface area contributed by atoms with Gasteiger partial charge in [0.15, 0.2) is 0 Å². The normalized spacial score (nSPS) is 22.6. The topological polar surface area (TPSA) is 79.2 Å². The van der Waals surface area contributed by atoms with Crippen molar-refractivity contribution in [1.29, 1.82) is 0 Å². The number of nitrogens with zero attached hydrogens (tertiary/aromatic N) is 6. The molecule has 1 saturated heterocycles. The molecule has 35 heavy (non-hydrogen) atoms. The monoisotopic (exact) mass is 473 g/mol. The molecule has 1 aromatic carbocycles. The molecule has 0 radical (unpaired) electrons. The third-order valence-corrected chi connectivity index (χ3v) is 7.40. The summed E-state index contributed by atoms with van der Waals surface area (Å²) in [6.07, 6.45) is 5.49. The number of hydrogen-bond donors (Lipinski definition) is 1.